The van der Waals surface area contributed by atoms with Gasteiger partial charge in [0.25, 0.3) is 0 Å². The number of aliphatic hydroxyl groups excluding tert-OH is 1. The molecule has 2 heteroatoms. The molecule has 2 heterocycles. The molecule has 3 rings (SSSR count). The standard InChI is InChI=1S/C15H24O2/c1-9(2)15-7-11-10(3)5-6-12(11)14(4,17-15)13(16)8-15/h7,9-10,12-13,16H,5-6,8H2,1-4H3/t10?,12-,13-,14+,15-/m1/s1. The van der Waals surface area contributed by atoms with E-state index >= 15 is 0 Å². The third-order valence-electron chi connectivity index (χ3n) is 5.52. The largest absolute Gasteiger partial charge is 0.390 e. The third-order valence-corrected chi connectivity index (χ3v) is 5.52. The molecule has 3 aliphatic rings. The van der Waals surface area contributed by atoms with Crippen LogP contribution in [0.5, 0.6) is 0 Å². The molecular weight excluding hydrogens is 212 g/mol. The number of hydrogen-bond acceptors (Lipinski definition) is 2. The van der Waals surface area contributed by atoms with Crippen molar-refractivity contribution in [3.05, 3.63) is 11.6 Å². The van der Waals surface area contributed by atoms with Gasteiger partial charge in [0.2, 0.25) is 0 Å². The maximum absolute atomic E-state index is 10.4. The van der Waals surface area contributed by atoms with Crippen molar-refractivity contribution in [1.82, 2.24) is 0 Å². The van der Waals surface area contributed by atoms with Crippen LogP contribution >= 0.6 is 0 Å². The van der Waals surface area contributed by atoms with Crippen molar-refractivity contribution < 1.29 is 9.84 Å². The second-order valence-corrected chi connectivity index (χ2v) is 6.79. The summed E-state index contributed by atoms with van der Waals surface area (Å²) < 4.78 is 6.38. The van der Waals surface area contributed by atoms with Crippen molar-refractivity contribution in [2.24, 2.45) is 17.8 Å². The second-order valence-electron chi connectivity index (χ2n) is 6.79. The molecule has 0 radical (unpaired) electrons. The topological polar surface area (TPSA) is 29.5 Å². The fourth-order valence-corrected chi connectivity index (χ4v) is 4.17. The van der Waals surface area contributed by atoms with Crippen LogP contribution in [0.4, 0.5) is 0 Å². The van der Waals surface area contributed by atoms with Crippen molar-refractivity contribution in [3.63, 3.8) is 0 Å². The van der Waals surface area contributed by atoms with Gasteiger partial charge in [-0.05, 0) is 31.6 Å². The summed E-state index contributed by atoms with van der Waals surface area (Å²) in [6, 6.07) is 0. The molecule has 2 fully saturated rings. The van der Waals surface area contributed by atoms with Crippen LogP contribution in [-0.4, -0.2) is 22.4 Å². The molecule has 0 amide bonds. The average Bonchev–Trinajstić information content (AvgIpc) is 2.69. The van der Waals surface area contributed by atoms with Gasteiger partial charge in [0.1, 0.15) is 0 Å². The minimum Gasteiger partial charge on any atom is -0.390 e. The summed E-state index contributed by atoms with van der Waals surface area (Å²) >= 11 is 0. The van der Waals surface area contributed by atoms with Gasteiger partial charge < -0.3 is 9.84 Å². The Balaban J connectivity index is 2.11. The fraction of sp³-hybridized carbons (Fsp3) is 0.867. The maximum atomic E-state index is 10.4. The first-order valence-corrected chi connectivity index (χ1v) is 7.00. The third kappa shape index (κ3) is 1.34. The van der Waals surface area contributed by atoms with Crippen LogP contribution < -0.4 is 0 Å². The molecule has 0 aromatic rings. The van der Waals surface area contributed by atoms with Crippen molar-refractivity contribution >= 4 is 0 Å². The van der Waals surface area contributed by atoms with E-state index in [0.717, 1.165) is 6.42 Å². The Bertz CT molecular complexity index is 373. The monoisotopic (exact) mass is 236 g/mol. The maximum Gasteiger partial charge on any atom is 0.0990 e. The van der Waals surface area contributed by atoms with Crippen molar-refractivity contribution in [2.45, 2.75) is 64.3 Å². The van der Waals surface area contributed by atoms with E-state index in [1.165, 1.54) is 12.8 Å². The van der Waals surface area contributed by atoms with Crippen LogP contribution in [0.15, 0.2) is 11.6 Å². The van der Waals surface area contributed by atoms with Gasteiger partial charge in [-0.3, -0.25) is 0 Å². The van der Waals surface area contributed by atoms with Crippen LogP contribution in [0.25, 0.3) is 0 Å². The lowest BCUT2D eigenvalue weighted by Gasteiger charge is -2.43. The molecular formula is C15H24O2. The first-order chi connectivity index (χ1) is 7.89. The lowest BCUT2D eigenvalue weighted by atomic mass is 9.79. The smallest absolute Gasteiger partial charge is 0.0990 e. The molecule has 0 aromatic heterocycles. The summed E-state index contributed by atoms with van der Waals surface area (Å²) in [6.07, 6.45) is 5.26. The van der Waals surface area contributed by atoms with Crippen LogP contribution in [0.2, 0.25) is 0 Å². The summed E-state index contributed by atoms with van der Waals surface area (Å²) in [5, 5.41) is 10.4. The van der Waals surface area contributed by atoms with Gasteiger partial charge in [-0.1, -0.05) is 32.4 Å². The highest BCUT2D eigenvalue weighted by Crippen LogP contribution is 2.58. The predicted octanol–water partition coefficient (Wildman–Crippen LogP) is 2.91. The van der Waals surface area contributed by atoms with Crippen LogP contribution in [0, 0.1) is 17.8 Å². The highest BCUT2D eigenvalue weighted by molar-refractivity contribution is 5.32. The van der Waals surface area contributed by atoms with Gasteiger partial charge in [0, 0.05) is 12.3 Å². The second kappa shape index (κ2) is 3.36. The minimum atomic E-state index is -0.334. The number of rotatable bonds is 1. The molecule has 0 spiro atoms. The molecule has 1 aliphatic carbocycles. The predicted molar refractivity (Wildman–Crippen MR) is 67.7 cm³/mol. The highest BCUT2D eigenvalue weighted by atomic mass is 16.5. The fourth-order valence-electron chi connectivity index (χ4n) is 4.17. The molecule has 17 heavy (non-hydrogen) atoms. The van der Waals surface area contributed by atoms with E-state index in [4.69, 9.17) is 4.74 Å². The normalized spacial score (nSPS) is 52.8. The number of ether oxygens (including phenoxy) is 1. The number of hydrogen-bond donors (Lipinski definition) is 1. The zero-order valence-corrected chi connectivity index (χ0v) is 11.4. The molecule has 1 saturated carbocycles. The molecule has 2 nitrogen and oxygen atoms in total. The average molecular weight is 236 g/mol. The van der Waals surface area contributed by atoms with E-state index in [1.54, 1.807) is 5.57 Å². The molecule has 5 atom stereocenters. The van der Waals surface area contributed by atoms with Gasteiger partial charge in [0.15, 0.2) is 0 Å². The van der Waals surface area contributed by atoms with Gasteiger partial charge in [-0.2, -0.15) is 0 Å². The minimum absolute atomic E-state index is 0.210. The van der Waals surface area contributed by atoms with Crippen LogP contribution in [0.1, 0.15) is 47.0 Å². The first kappa shape index (κ1) is 11.7. The molecule has 1 unspecified atom stereocenters. The van der Waals surface area contributed by atoms with Crippen molar-refractivity contribution in [1.29, 1.82) is 0 Å². The zero-order valence-electron chi connectivity index (χ0n) is 11.4. The summed E-state index contributed by atoms with van der Waals surface area (Å²) in [7, 11) is 0. The lowest BCUT2D eigenvalue weighted by molar-refractivity contribution is -0.143. The quantitative estimate of drug-likeness (QED) is 0.709. The Labute approximate surface area is 104 Å². The molecule has 0 aromatic carbocycles. The Morgan fingerprint density at radius 2 is 2.12 bits per heavy atom. The van der Waals surface area contributed by atoms with E-state index in [2.05, 4.69) is 33.8 Å². The number of fused-ring (bicyclic) bond motifs is 4. The Morgan fingerprint density at radius 3 is 2.76 bits per heavy atom. The Morgan fingerprint density at radius 1 is 1.41 bits per heavy atom. The molecule has 1 N–H and O–H groups in total. The van der Waals surface area contributed by atoms with Crippen LogP contribution in [0.3, 0.4) is 0 Å². The van der Waals surface area contributed by atoms with E-state index in [9.17, 15) is 5.11 Å². The zero-order chi connectivity index (χ0) is 12.4. The molecule has 1 saturated heterocycles. The van der Waals surface area contributed by atoms with Gasteiger partial charge in [0.05, 0.1) is 17.3 Å². The van der Waals surface area contributed by atoms with E-state index < -0.39 is 0 Å². The Hall–Kier alpha value is -0.340. The summed E-state index contributed by atoms with van der Waals surface area (Å²) in [6.45, 7) is 8.85. The van der Waals surface area contributed by atoms with Crippen LogP contribution in [-0.2, 0) is 4.74 Å². The summed E-state index contributed by atoms with van der Waals surface area (Å²) in [5.41, 5.74) is 1.02. The SMILES string of the molecule is CC1CC[C@@H]2C1=C[C@]1(C(C)C)C[C@@H](O)[C@@]2(C)O1. The number of aliphatic hydroxyl groups is 1. The van der Waals surface area contributed by atoms with Crippen molar-refractivity contribution in [2.75, 3.05) is 0 Å². The van der Waals surface area contributed by atoms with Crippen molar-refractivity contribution in [3.8, 4) is 0 Å². The van der Waals surface area contributed by atoms with Gasteiger partial charge >= 0.3 is 0 Å². The first-order valence-electron chi connectivity index (χ1n) is 7.00. The van der Waals surface area contributed by atoms with Gasteiger partial charge in [-0.25, -0.2) is 0 Å². The highest BCUT2D eigenvalue weighted by Gasteiger charge is 2.61. The Kier molecular flexibility index (Phi) is 2.32. The molecule has 2 bridgehead atoms. The summed E-state index contributed by atoms with van der Waals surface area (Å²) in [4.78, 5) is 0. The molecule has 96 valence electrons. The van der Waals surface area contributed by atoms with Gasteiger partial charge in [-0.15, -0.1) is 0 Å². The van der Waals surface area contributed by atoms with E-state index in [0.29, 0.717) is 17.8 Å². The van der Waals surface area contributed by atoms with E-state index in [1.807, 2.05) is 0 Å². The summed E-state index contributed by atoms with van der Waals surface area (Å²) in [5.74, 6) is 1.55. The lowest BCUT2D eigenvalue weighted by Crippen LogP contribution is -2.48. The van der Waals surface area contributed by atoms with E-state index in [-0.39, 0.29) is 17.3 Å². The molecule has 2 aliphatic heterocycles.